The lowest BCUT2D eigenvalue weighted by molar-refractivity contribution is 0.0994. The number of rotatable bonds is 2. The number of pyridine rings is 2. The van der Waals surface area contributed by atoms with Gasteiger partial charge in [-0.1, -0.05) is 81.3 Å². The molecule has 0 saturated carbocycles. The second-order valence-corrected chi connectivity index (χ2v) is 7.28. The quantitative estimate of drug-likeness (QED) is 0.364. The van der Waals surface area contributed by atoms with Crippen molar-refractivity contribution in [2.75, 3.05) is 12.4 Å². The van der Waals surface area contributed by atoms with Crippen molar-refractivity contribution in [3.05, 3.63) is 84.1 Å². The predicted octanol–water partition coefficient (Wildman–Crippen LogP) is 6.92. The van der Waals surface area contributed by atoms with E-state index in [-0.39, 0.29) is 5.78 Å². The number of Topliss-reactive ketones (excluding diaryl/α,β-unsaturated/α-hetero) is 1. The monoisotopic (exact) mass is 411 g/mol. The highest BCUT2D eigenvalue weighted by Gasteiger charge is 2.10. The van der Waals surface area contributed by atoms with E-state index in [0.29, 0.717) is 6.42 Å². The number of aromatic nitrogens is 2. The van der Waals surface area contributed by atoms with Crippen LogP contribution in [0.4, 0.5) is 5.82 Å². The molecule has 158 valence electrons. The molecule has 0 aliphatic heterocycles. The van der Waals surface area contributed by atoms with Crippen LogP contribution in [-0.2, 0) is 0 Å². The second kappa shape index (κ2) is 11.0. The molecule has 0 atom stereocenters. The fraction of sp³-hybridized carbons (Fsp3) is 0.222. The van der Waals surface area contributed by atoms with Crippen LogP contribution in [0.5, 0.6) is 0 Å². The van der Waals surface area contributed by atoms with Gasteiger partial charge in [-0.25, -0.2) is 4.98 Å². The first-order chi connectivity index (χ1) is 15.2. The van der Waals surface area contributed by atoms with Crippen molar-refractivity contribution in [1.82, 2.24) is 9.97 Å². The SMILES string of the molecule is CCCC.CNc1ccc2ccc3cccnc3c2n1.O=C1CC=Cc2ccccc21. The lowest BCUT2D eigenvalue weighted by Gasteiger charge is -2.07. The molecule has 0 amide bonds. The summed E-state index contributed by atoms with van der Waals surface area (Å²) in [5.41, 5.74) is 3.81. The molecule has 0 spiro atoms. The summed E-state index contributed by atoms with van der Waals surface area (Å²) in [5, 5.41) is 5.28. The number of fused-ring (bicyclic) bond motifs is 4. The number of anilines is 1. The van der Waals surface area contributed by atoms with Gasteiger partial charge in [0, 0.05) is 36.0 Å². The second-order valence-electron chi connectivity index (χ2n) is 7.28. The molecule has 0 radical (unpaired) electrons. The van der Waals surface area contributed by atoms with Crippen molar-refractivity contribution in [1.29, 1.82) is 0 Å². The predicted molar refractivity (Wildman–Crippen MR) is 132 cm³/mol. The number of hydrogen-bond donors (Lipinski definition) is 1. The Kier molecular flexibility index (Phi) is 7.88. The van der Waals surface area contributed by atoms with Gasteiger partial charge in [-0.2, -0.15) is 0 Å². The summed E-state index contributed by atoms with van der Waals surface area (Å²) in [6.45, 7) is 4.36. The average Bonchev–Trinajstić information content (AvgIpc) is 2.84. The van der Waals surface area contributed by atoms with Gasteiger partial charge < -0.3 is 5.32 Å². The molecule has 4 aromatic rings. The Morgan fingerprint density at radius 3 is 2.29 bits per heavy atom. The minimum absolute atomic E-state index is 0.225. The molecule has 5 rings (SSSR count). The molecule has 2 heterocycles. The number of carbonyl (C=O) groups excluding carboxylic acids is 1. The van der Waals surface area contributed by atoms with Crippen LogP contribution in [0.1, 0.15) is 49.0 Å². The number of allylic oxidation sites excluding steroid dienone is 1. The van der Waals surface area contributed by atoms with E-state index in [4.69, 9.17) is 0 Å². The van der Waals surface area contributed by atoms with E-state index in [2.05, 4.69) is 53.4 Å². The summed E-state index contributed by atoms with van der Waals surface area (Å²) in [6.07, 6.45) is 8.90. The van der Waals surface area contributed by atoms with Gasteiger partial charge >= 0.3 is 0 Å². The molecule has 4 nitrogen and oxygen atoms in total. The number of hydrogen-bond acceptors (Lipinski definition) is 4. The summed E-state index contributed by atoms with van der Waals surface area (Å²) in [7, 11) is 1.87. The molecular weight excluding hydrogens is 382 g/mol. The van der Waals surface area contributed by atoms with Crippen molar-refractivity contribution in [2.45, 2.75) is 33.1 Å². The Morgan fingerprint density at radius 1 is 0.871 bits per heavy atom. The minimum Gasteiger partial charge on any atom is -0.373 e. The third-order valence-electron chi connectivity index (χ3n) is 5.05. The highest BCUT2D eigenvalue weighted by Crippen LogP contribution is 2.23. The standard InChI is InChI=1S/C13H11N3.C10H8O.C4H10/c1-14-11-7-6-10-5-4-9-3-2-8-15-12(9)13(10)16-11;11-10-7-3-5-8-4-1-2-6-9(8)10;1-3-4-2/h2-8H,1H3,(H,14,16);1-6H,7H2;3-4H2,1-2H3. The summed E-state index contributed by atoms with van der Waals surface area (Å²) in [6, 6.07) is 19.9. The normalized spacial score (nSPS) is 11.8. The van der Waals surface area contributed by atoms with Gasteiger partial charge in [-0.3, -0.25) is 9.78 Å². The molecule has 0 unspecified atom stereocenters. The molecule has 1 aliphatic rings. The van der Waals surface area contributed by atoms with E-state index in [9.17, 15) is 4.79 Å². The van der Waals surface area contributed by atoms with Gasteiger partial charge in [-0.15, -0.1) is 0 Å². The van der Waals surface area contributed by atoms with E-state index in [1.54, 1.807) is 6.20 Å². The highest BCUT2D eigenvalue weighted by atomic mass is 16.1. The van der Waals surface area contributed by atoms with E-state index in [0.717, 1.165) is 38.8 Å². The highest BCUT2D eigenvalue weighted by molar-refractivity contribution is 6.03. The lowest BCUT2D eigenvalue weighted by Crippen LogP contribution is -2.02. The maximum Gasteiger partial charge on any atom is 0.167 e. The molecule has 1 N–H and O–H groups in total. The maximum absolute atomic E-state index is 11.2. The molecule has 0 bridgehead atoms. The van der Waals surface area contributed by atoms with Crippen LogP contribution >= 0.6 is 0 Å². The van der Waals surface area contributed by atoms with Crippen molar-refractivity contribution in [3.8, 4) is 0 Å². The first kappa shape index (κ1) is 22.2. The van der Waals surface area contributed by atoms with Gasteiger partial charge in [0.25, 0.3) is 0 Å². The zero-order valence-electron chi connectivity index (χ0n) is 18.4. The number of nitrogens with zero attached hydrogens (tertiary/aromatic N) is 2. The molecule has 31 heavy (non-hydrogen) atoms. The molecule has 1 aliphatic carbocycles. The van der Waals surface area contributed by atoms with Crippen LogP contribution in [0.25, 0.3) is 27.9 Å². The van der Waals surface area contributed by atoms with Crippen LogP contribution in [-0.4, -0.2) is 22.8 Å². The topological polar surface area (TPSA) is 54.9 Å². The third kappa shape index (κ3) is 5.54. The zero-order chi connectivity index (χ0) is 22.1. The van der Waals surface area contributed by atoms with Gasteiger partial charge in [0.05, 0.1) is 11.0 Å². The van der Waals surface area contributed by atoms with E-state index < -0.39 is 0 Å². The van der Waals surface area contributed by atoms with E-state index in [1.807, 2.05) is 55.6 Å². The summed E-state index contributed by atoms with van der Waals surface area (Å²) >= 11 is 0. The molecule has 0 fully saturated rings. The number of carbonyl (C=O) groups is 1. The first-order valence-corrected chi connectivity index (χ1v) is 10.8. The summed E-state index contributed by atoms with van der Waals surface area (Å²) in [4.78, 5) is 20.2. The third-order valence-corrected chi connectivity index (χ3v) is 5.05. The maximum atomic E-state index is 11.2. The van der Waals surface area contributed by atoms with Crippen LogP contribution in [0, 0.1) is 0 Å². The Bertz CT molecular complexity index is 1200. The van der Waals surface area contributed by atoms with E-state index >= 15 is 0 Å². The molecule has 2 aromatic carbocycles. The number of ketones is 1. The average molecular weight is 412 g/mol. The largest absolute Gasteiger partial charge is 0.373 e. The summed E-state index contributed by atoms with van der Waals surface area (Å²) in [5.74, 6) is 1.09. The first-order valence-electron chi connectivity index (χ1n) is 10.8. The molecule has 4 heteroatoms. The number of nitrogens with one attached hydrogen (secondary N) is 1. The van der Waals surface area contributed by atoms with Crippen molar-refractivity contribution >= 4 is 39.5 Å². The fourth-order valence-electron chi connectivity index (χ4n) is 3.16. The lowest BCUT2D eigenvalue weighted by atomic mass is 9.97. The molecule has 2 aromatic heterocycles. The minimum atomic E-state index is 0.225. The molecular formula is C27H29N3O. The smallest absolute Gasteiger partial charge is 0.167 e. The van der Waals surface area contributed by atoms with Gasteiger partial charge in [0.1, 0.15) is 5.82 Å². The van der Waals surface area contributed by atoms with Gasteiger partial charge in [0.15, 0.2) is 5.78 Å². The van der Waals surface area contributed by atoms with Crippen LogP contribution in [0.15, 0.2) is 72.9 Å². The number of benzene rings is 2. The fourth-order valence-corrected chi connectivity index (χ4v) is 3.16. The Hall–Kier alpha value is -3.53. The van der Waals surface area contributed by atoms with Crippen molar-refractivity contribution in [2.24, 2.45) is 0 Å². The zero-order valence-corrected chi connectivity index (χ0v) is 18.4. The van der Waals surface area contributed by atoms with Crippen molar-refractivity contribution in [3.63, 3.8) is 0 Å². The Balaban J connectivity index is 0.000000158. The Labute approximate surface area is 184 Å². The van der Waals surface area contributed by atoms with Gasteiger partial charge in [-0.05, 0) is 23.8 Å². The number of unbranched alkanes of at least 4 members (excludes halogenated alkanes) is 1. The van der Waals surface area contributed by atoms with Crippen LogP contribution in [0.2, 0.25) is 0 Å². The summed E-state index contributed by atoms with van der Waals surface area (Å²) < 4.78 is 0. The van der Waals surface area contributed by atoms with Crippen molar-refractivity contribution < 1.29 is 4.79 Å². The Morgan fingerprint density at radius 2 is 1.58 bits per heavy atom. The van der Waals surface area contributed by atoms with E-state index in [1.165, 1.54) is 12.8 Å². The van der Waals surface area contributed by atoms with Crippen LogP contribution in [0.3, 0.4) is 0 Å². The molecule has 0 saturated heterocycles. The van der Waals surface area contributed by atoms with Crippen LogP contribution < -0.4 is 5.32 Å². The van der Waals surface area contributed by atoms with Gasteiger partial charge in [0.2, 0.25) is 0 Å².